The summed E-state index contributed by atoms with van der Waals surface area (Å²) in [5.74, 6) is 0.172. The Morgan fingerprint density at radius 3 is 2.90 bits per heavy atom. The van der Waals surface area contributed by atoms with E-state index in [2.05, 4.69) is 10.4 Å². The van der Waals surface area contributed by atoms with E-state index in [-0.39, 0.29) is 30.3 Å². The van der Waals surface area contributed by atoms with Gasteiger partial charge in [-0.1, -0.05) is 17.7 Å². The number of carbonyl (C=O) groups is 1. The van der Waals surface area contributed by atoms with Gasteiger partial charge in [-0.2, -0.15) is 5.10 Å². The van der Waals surface area contributed by atoms with Gasteiger partial charge in [0.15, 0.2) is 11.5 Å². The Hall–Kier alpha value is -3.33. The third-order valence-electron chi connectivity index (χ3n) is 4.18. The van der Waals surface area contributed by atoms with Crippen molar-refractivity contribution in [2.75, 3.05) is 0 Å². The second-order valence-electron chi connectivity index (χ2n) is 6.22. The van der Waals surface area contributed by atoms with E-state index >= 15 is 0 Å². The summed E-state index contributed by atoms with van der Waals surface area (Å²) in [6.45, 7) is 4.46. The van der Waals surface area contributed by atoms with Crippen LogP contribution in [-0.2, 0) is 19.7 Å². The van der Waals surface area contributed by atoms with Crippen molar-refractivity contribution in [1.29, 1.82) is 0 Å². The molecule has 0 fully saturated rings. The summed E-state index contributed by atoms with van der Waals surface area (Å²) in [6, 6.07) is 7.77. The molecule has 0 unspecified atom stereocenters. The van der Waals surface area contributed by atoms with Crippen molar-refractivity contribution in [1.82, 2.24) is 15.1 Å². The van der Waals surface area contributed by atoms with Gasteiger partial charge in [-0.3, -0.25) is 19.6 Å². The number of nitro groups is 1. The van der Waals surface area contributed by atoms with Crippen LogP contribution in [0.2, 0.25) is 5.02 Å². The highest BCUT2D eigenvalue weighted by atomic mass is 35.5. The van der Waals surface area contributed by atoms with Crippen LogP contribution in [0.3, 0.4) is 0 Å². The first kappa shape index (κ1) is 20.4. The zero-order valence-corrected chi connectivity index (χ0v) is 16.6. The van der Waals surface area contributed by atoms with Crippen LogP contribution in [0.25, 0.3) is 0 Å². The molecule has 0 aliphatic heterocycles. The molecule has 1 aromatic carbocycles. The average Bonchev–Trinajstić information content (AvgIpc) is 3.31. The van der Waals surface area contributed by atoms with E-state index in [0.29, 0.717) is 23.0 Å². The molecular formula is C19H19ClN4O5. The van der Waals surface area contributed by atoms with Gasteiger partial charge < -0.3 is 14.5 Å². The molecule has 3 aromatic rings. The molecule has 9 nitrogen and oxygen atoms in total. The molecular weight excluding hydrogens is 400 g/mol. The number of ether oxygens (including phenoxy) is 1. The molecule has 29 heavy (non-hydrogen) atoms. The Kier molecular flexibility index (Phi) is 6.18. The highest BCUT2D eigenvalue weighted by Gasteiger charge is 2.17. The van der Waals surface area contributed by atoms with Crippen LogP contribution in [0.1, 0.15) is 34.5 Å². The minimum atomic E-state index is -0.504. The maximum Gasteiger partial charge on any atom is 0.311 e. The smallest absolute Gasteiger partial charge is 0.311 e. The van der Waals surface area contributed by atoms with E-state index in [1.165, 1.54) is 24.4 Å². The number of aromatic nitrogens is 2. The minimum Gasteiger partial charge on any atom is -0.479 e. The molecule has 1 N–H and O–H groups in total. The lowest BCUT2D eigenvalue weighted by Gasteiger charge is -2.07. The first-order valence-electron chi connectivity index (χ1n) is 8.84. The number of halogens is 1. The van der Waals surface area contributed by atoms with E-state index in [9.17, 15) is 14.9 Å². The van der Waals surface area contributed by atoms with Crippen molar-refractivity contribution in [3.05, 3.63) is 74.4 Å². The summed E-state index contributed by atoms with van der Waals surface area (Å²) in [5.41, 5.74) is 1.33. The van der Waals surface area contributed by atoms with Crippen molar-refractivity contribution in [3.63, 3.8) is 0 Å². The number of amides is 1. The Labute approximate surface area is 171 Å². The molecule has 0 aliphatic carbocycles. The van der Waals surface area contributed by atoms with E-state index in [4.69, 9.17) is 20.8 Å². The Morgan fingerprint density at radius 2 is 2.17 bits per heavy atom. The van der Waals surface area contributed by atoms with E-state index in [1.54, 1.807) is 23.7 Å². The van der Waals surface area contributed by atoms with Crippen molar-refractivity contribution in [2.24, 2.45) is 0 Å². The van der Waals surface area contributed by atoms with Crippen LogP contribution >= 0.6 is 11.6 Å². The monoisotopic (exact) mass is 418 g/mol. The third kappa shape index (κ3) is 4.75. The molecule has 0 atom stereocenters. The number of carbonyl (C=O) groups excluding carboxylic acids is 1. The first-order chi connectivity index (χ1) is 13.9. The maximum absolute atomic E-state index is 12.3. The fourth-order valence-corrected chi connectivity index (χ4v) is 2.91. The molecule has 0 saturated carbocycles. The molecule has 0 aliphatic rings. The highest BCUT2D eigenvalue weighted by molar-refractivity contribution is 6.31. The van der Waals surface area contributed by atoms with E-state index < -0.39 is 10.8 Å². The summed E-state index contributed by atoms with van der Waals surface area (Å²) in [5, 5.41) is 18.5. The fourth-order valence-electron chi connectivity index (χ4n) is 2.71. The number of hydrogen-bond acceptors (Lipinski definition) is 6. The summed E-state index contributed by atoms with van der Waals surface area (Å²) >= 11 is 6.08. The predicted octanol–water partition coefficient (Wildman–Crippen LogP) is 3.88. The molecule has 1 amide bonds. The Morgan fingerprint density at radius 1 is 1.38 bits per heavy atom. The Balaban J connectivity index is 1.61. The molecule has 10 heteroatoms. The van der Waals surface area contributed by atoms with E-state index in [1.807, 2.05) is 6.92 Å². The second-order valence-corrected chi connectivity index (χ2v) is 6.63. The van der Waals surface area contributed by atoms with Gasteiger partial charge in [-0.15, -0.1) is 0 Å². The SMILES string of the molecule is CCn1ncc(Cl)c1CNC(=O)c1ccc(COc2ccc(C)cc2[N+](=O)[O-])o1. The van der Waals surface area contributed by atoms with Crippen LogP contribution < -0.4 is 10.1 Å². The molecule has 0 bridgehead atoms. The zero-order valence-electron chi connectivity index (χ0n) is 15.8. The lowest BCUT2D eigenvalue weighted by atomic mass is 10.2. The zero-order chi connectivity index (χ0) is 21.0. The highest BCUT2D eigenvalue weighted by Crippen LogP contribution is 2.28. The lowest BCUT2D eigenvalue weighted by molar-refractivity contribution is -0.386. The van der Waals surface area contributed by atoms with Gasteiger partial charge in [0.2, 0.25) is 0 Å². The summed E-state index contributed by atoms with van der Waals surface area (Å²) in [6.07, 6.45) is 1.53. The number of nitrogens with zero attached hydrogens (tertiary/aromatic N) is 3. The van der Waals surface area contributed by atoms with Crippen molar-refractivity contribution in [2.45, 2.75) is 33.5 Å². The average molecular weight is 419 g/mol. The van der Waals surface area contributed by atoms with Gasteiger partial charge in [-0.25, -0.2) is 0 Å². The fraction of sp³-hybridized carbons (Fsp3) is 0.263. The lowest BCUT2D eigenvalue weighted by Crippen LogP contribution is -2.24. The normalized spacial score (nSPS) is 10.7. The number of benzene rings is 1. The predicted molar refractivity (Wildman–Crippen MR) is 105 cm³/mol. The van der Waals surface area contributed by atoms with Gasteiger partial charge in [0.25, 0.3) is 5.91 Å². The molecule has 0 spiro atoms. The van der Waals surface area contributed by atoms with Gasteiger partial charge in [-0.05, 0) is 37.6 Å². The van der Waals surface area contributed by atoms with Crippen LogP contribution in [0, 0.1) is 17.0 Å². The number of nitro benzene ring substituents is 1. The van der Waals surface area contributed by atoms with E-state index in [0.717, 1.165) is 5.56 Å². The van der Waals surface area contributed by atoms with Gasteiger partial charge in [0.05, 0.1) is 28.4 Å². The largest absolute Gasteiger partial charge is 0.479 e. The van der Waals surface area contributed by atoms with Crippen molar-refractivity contribution < 1.29 is 18.9 Å². The van der Waals surface area contributed by atoms with Crippen LogP contribution in [-0.4, -0.2) is 20.6 Å². The summed E-state index contributed by atoms with van der Waals surface area (Å²) < 4.78 is 12.7. The van der Waals surface area contributed by atoms with Crippen molar-refractivity contribution in [3.8, 4) is 5.75 Å². The second kappa shape index (κ2) is 8.78. The number of hydrogen-bond donors (Lipinski definition) is 1. The van der Waals surface area contributed by atoms with Gasteiger partial charge in [0, 0.05) is 12.6 Å². The van der Waals surface area contributed by atoms with Crippen molar-refractivity contribution >= 4 is 23.2 Å². The van der Waals surface area contributed by atoms with Gasteiger partial charge >= 0.3 is 5.69 Å². The van der Waals surface area contributed by atoms with Crippen LogP contribution in [0.4, 0.5) is 5.69 Å². The summed E-state index contributed by atoms with van der Waals surface area (Å²) in [4.78, 5) is 23.0. The first-order valence-corrected chi connectivity index (χ1v) is 9.21. The summed E-state index contributed by atoms with van der Waals surface area (Å²) in [7, 11) is 0. The van der Waals surface area contributed by atoms with Crippen LogP contribution in [0.15, 0.2) is 40.9 Å². The molecule has 2 aromatic heterocycles. The number of rotatable bonds is 8. The Bertz CT molecular complexity index is 1040. The standard InChI is InChI=1S/C19H19ClN4O5/c1-3-23-16(14(20)9-22-23)10-21-19(25)18-7-5-13(29-18)11-28-17-6-4-12(2)8-15(17)24(26)27/h4-9H,3,10-11H2,1-2H3,(H,21,25). The number of furan rings is 1. The molecule has 3 rings (SSSR count). The molecule has 0 radical (unpaired) electrons. The van der Waals surface area contributed by atoms with Crippen LogP contribution in [0.5, 0.6) is 5.75 Å². The topological polar surface area (TPSA) is 112 Å². The quantitative estimate of drug-likeness (QED) is 0.439. The molecule has 152 valence electrons. The third-order valence-corrected chi connectivity index (χ3v) is 4.50. The minimum absolute atomic E-state index is 0.0500. The number of aryl methyl sites for hydroxylation is 2. The van der Waals surface area contributed by atoms with Gasteiger partial charge in [0.1, 0.15) is 12.4 Å². The number of nitrogens with one attached hydrogen (secondary N) is 1. The maximum atomic E-state index is 12.3. The molecule has 0 saturated heterocycles. The molecule has 2 heterocycles.